The SMILES string of the molecule is C=C1C(=C)[C@@H]2CC3CCC(=O)N2[C@H]13. The minimum absolute atomic E-state index is 0.303. The van der Waals surface area contributed by atoms with E-state index in [9.17, 15) is 4.79 Å². The van der Waals surface area contributed by atoms with Gasteiger partial charge in [0.05, 0.1) is 12.1 Å². The summed E-state index contributed by atoms with van der Waals surface area (Å²) in [5, 5.41) is 0. The van der Waals surface area contributed by atoms with Crippen LogP contribution in [0.1, 0.15) is 19.3 Å². The van der Waals surface area contributed by atoms with Crippen LogP contribution in [0.2, 0.25) is 0 Å². The third-order valence-corrected chi connectivity index (χ3v) is 3.80. The van der Waals surface area contributed by atoms with Gasteiger partial charge in [-0.3, -0.25) is 4.79 Å². The lowest BCUT2D eigenvalue weighted by Gasteiger charge is -2.29. The number of hydrogen-bond acceptors (Lipinski definition) is 1. The number of amides is 1. The zero-order valence-corrected chi connectivity index (χ0v) is 7.62. The second kappa shape index (κ2) is 2.06. The average Bonchev–Trinajstić information content (AvgIpc) is 2.53. The van der Waals surface area contributed by atoms with Gasteiger partial charge in [0.2, 0.25) is 5.91 Å². The van der Waals surface area contributed by atoms with Gasteiger partial charge in [-0.05, 0) is 29.9 Å². The van der Waals surface area contributed by atoms with Crippen LogP contribution in [0.3, 0.4) is 0 Å². The summed E-state index contributed by atoms with van der Waals surface area (Å²) in [5.74, 6) is 0.990. The summed E-state index contributed by atoms with van der Waals surface area (Å²) < 4.78 is 0. The molecule has 3 atom stereocenters. The number of carbonyl (C=O) groups excluding carboxylic acids is 1. The smallest absolute Gasteiger partial charge is 0.223 e. The Morgan fingerprint density at radius 3 is 2.77 bits per heavy atom. The third kappa shape index (κ3) is 0.679. The standard InChI is InChI=1S/C11H13NO/c1-6-7(2)11-8-3-4-10(13)12(11)9(6)5-8/h8-9,11H,1-5H2/t8?,9-,11+/m0/s1. The van der Waals surface area contributed by atoms with Gasteiger partial charge >= 0.3 is 0 Å². The van der Waals surface area contributed by atoms with Crippen molar-refractivity contribution >= 4 is 5.91 Å². The molecule has 1 unspecified atom stereocenters. The van der Waals surface area contributed by atoms with E-state index in [1.54, 1.807) is 0 Å². The molecule has 4 bridgehead atoms. The number of carbonyl (C=O) groups is 1. The number of rotatable bonds is 0. The van der Waals surface area contributed by atoms with Crippen LogP contribution in [-0.4, -0.2) is 22.9 Å². The van der Waals surface area contributed by atoms with E-state index in [0.717, 1.165) is 30.4 Å². The van der Waals surface area contributed by atoms with Crippen molar-refractivity contribution in [1.29, 1.82) is 0 Å². The third-order valence-electron chi connectivity index (χ3n) is 3.80. The van der Waals surface area contributed by atoms with E-state index >= 15 is 0 Å². The Morgan fingerprint density at radius 2 is 2.08 bits per heavy atom. The Labute approximate surface area is 77.9 Å². The Balaban J connectivity index is 2.10. The molecule has 0 aromatic carbocycles. The Hall–Kier alpha value is -1.05. The van der Waals surface area contributed by atoms with Crippen LogP contribution >= 0.6 is 0 Å². The minimum atomic E-state index is 0.303. The maximum absolute atomic E-state index is 11.6. The molecule has 2 heteroatoms. The Kier molecular flexibility index (Phi) is 1.17. The monoisotopic (exact) mass is 175 g/mol. The van der Waals surface area contributed by atoms with Crippen molar-refractivity contribution in [2.45, 2.75) is 31.3 Å². The van der Waals surface area contributed by atoms with E-state index in [4.69, 9.17) is 0 Å². The van der Waals surface area contributed by atoms with E-state index in [0.29, 0.717) is 23.9 Å². The van der Waals surface area contributed by atoms with Crippen molar-refractivity contribution in [2.75, 3.05) is 0 Å². The summed E-state index contributed by atoms with van der Waals surface area (Å²) in [4.78, 5) is 13.7. The molecule has 3 fully saturated rings. The molecule has 2 nitrogen and oxygen atoms in total. The molecule has 0 N–H and O–H groups in total. The van der Waals surface area contributed by atoms with Crippen molar-refractivity contribution in [3.63, 3.8) is 0 Å². The maximum atomic E-state index is 11.6. The van der Waals surface area contributed by atoms with Crippen LogP contribution in [0.15, 0.2) is 24.3 Å². The number of hydrogen-bond donors (Lipinski definition) is 0. The molecule has 0 aromatic rings. The highest BCUT2D eigenvalue weighted by Gasteiger charge is 2.54. The summed E-state index contributed by atoms with van der Waals surface area (Å²) in [6, 6.07) is 0.622. The molecule has 0 saturated carbocycles. The summed E-state index contributed by atoms with van der Waals surface area (Å²) in [6.07, 6.45) is 2.93. The van der Waals surface area contributed by atoms with Crippen LogP contribution in [0.4, 0.5) is 0 Å². The maximum Gasteiger partial charge on any atom is 0.223 e. The molecule has 1 amide bonds. The predicted octanol–water partition coefficient (Wildman–Crippen LogP) is 1.49. The molecule has 3 saturated heterocycles. The average molecular weight is 175 g/mol. The molecule has 0 aromatic heterocycles. The van der Waals surface area contributed by atoms with Gasteiger partial charge in [-0.1, -0.05) is 13.2 Å². The molecule has 13 heavy (non-hydrogen) atoms. The van der Waals surface area contributed by atoms with Gasteiger partial charge in [-0.15, -0.1) is 0 Å². The fourth-order valence-electron chi connectivity index (χ4n) is 3.16. The Morgan fingerprint density at radius 1 is 1.31 bits per heavy atom. The summed E-state index contributed by atoms with van der Waals surface area (Å²) >= 11 is 0. The van der Waals surface area contributed by atoms with E-state index in [-0.39, 0.29) is 0 Å². The fraction of sp³-hybridized carbons (Fsp3) is 0.545. The zero-order chi connectivity index (χ0) is 9.16. The van der Waals surface area contributed by atoms with Crippen LogP contribution in [0.5, 0.6) is 0 Å². The lowest BCUT2D eigenvalue weighted by Crippen LogP contribution is -2.40. The van der Waals surface area contributed by atoms with Crippen molar-refractivity contribution in [1.82, 2.24) is 4.90 Å². The highest BCUT2D eigenvalue weighted by Crippen LogP contribution is 2.51. The van der Waals surface area contributed by atoms with Gasteiger partial charge in [-0.2, -0.15) is 0 Å². The van der Waals surface area contributed by atoms with Gasteiger partial charge in [0.15, 0.2) is 0 Å². The first-order valence-electron chi connectivity index (χ1n) is 4.89. The van der Waals surface area contributed by atoms with E-state index in [1.807, 2.05) is 4.90 Å². The van der Waals surface area contributed by atoms with E-state index in [1.165, 1.54) is 0 Å². The molecule has 0 spiro atoms. The second-order valence-electron chi connectivity index (χ2n) is 4.35. The molecular formula is C11H13NO. The summed E-state index contributed by atoms with van der Waals surface area (Å²) in [5.41, 5.74) is 2.23. The van der Waals surface area contributed by atoms with Crippen LogP contribution in [-0.2, 0) is 4.79 Å². The molecule has 3 rings (SSSR count). The van der Waals surface area contributed by atoms with Crippen molar-refractivity contribution in [3.8, 4) is 0 Å². The highest BCUT2D eigenvalue weighted by molar-refractivity contribution is 5.81. The fourth-order valence-corrected chi connectivity index (χ4v) is 3.16. The van der Waals surface area contributed by atoms with Gasteiger partial charge in [0.1, 0.15) is 0 Å². The van der Waals surface area contributed by atoms with Crippen LogP contribution in [0.25, 0.3) is 0 Å². The molecule has 3 aliphatic rings. The second-order valence-corrected chi connectivity index (χ2v) is 4.35. The Bertz CT molecular complexity index is 331. The lowest BCUT2D eigenvalue weighted by atomic mass is 9.80. The van der Waals surface area contributed by atoms with Crippen molar-refractivity contribution in [2.24, 2.45) is 5.92 Å². The van der Waals surface area contributed by atoms with Crippen LogP contribution in [0, 0.1) is 5.92 Å². The van der Waals surface area contributed by atoms with Gasteiger partial charge in [0.25, 0.3) is 0 Å². The molecule has 3 aliphatic heterocycles. The first-order valence-corrected chi connectivity index (χ1v) is 4.89. The van der Waals surface area contributed by atoms with Gasteiger partial charge < -0.3 is 4.90 Å². The summed E-state index contributed by atoms with van der Waals surface area (Å²) in [6.45, 7) is 8.06. The normalized spacial score (nSPS) is 42.0. The molecule has 0 radical (unpaired) electrons. The topological polar surface area (TPSA) is 20.3 Å². The lowest BCUT2D eigenvalue weighted by molar-refractivity contribution is -0.134. The first kappa shape index (κ1) is 7.36. The molecule has 3 heterocycles. The van der Waals surface area contributed by atoms with E-state index < -0.39 is 0 Å². The molecular weight excluding hydrogens is 162 g/mol. The van der Waals surface area contributed by atoms with Gasteiger partial charge in [0, 0.05) is 6.42 Å². The summed E-state index contributed by atoms with van der Waals surface area (Å²) in [7, 11) is 0. The van der Waals surface area contributed by atoms with Gasteiger partial charge in [-0.25, -0.2) is 0 Å². The first-order chi connectivity index (χ1) is 6.20. The molecule has 68 valence electrons. The quantitative estimate of drug-likeness (QED) is 0.546. The van der Waals surface area contributed by atoms with Crippen LogP contribution < -0.4 is 0 Å². The predicted molar refractivity (Wildman–Crippen MR) is 50.0 cm³/mol. The number of piperidine rings is 1. The molecule has 0 aliphatic carbocycles. The number of nitrogens with zero attached hydrogens (tertiary/aromatic N) is 1. The highest BCUT2D eigenvalue weighted by atomic mass is 16.2. The zero-order valence-electron chi connectivity index (χ0n) is 7.62. The van der Waals surface area contributed by atoms with Crippen molar-refractivity contribution < 1.29 is 4.79 Å². The largest absolute Gasteiger partial charge is 0.328 e. The van der Waals surface area contributed by atoms with E-state index in [2.05, 4.69) is 13.2 Å². The van der Waals surface area contributed by atoms with Crippen molar-refractivity contribution in [3.05, 3.63) is 24.3 Å². The minimum Gasteiger partial charge on any atom is -0.328 e.